The Balaban J connectivity index is 1.45. The van der Waals surface area contributed by atoms with Crippen molar-refractivity contribution in [3.05, 3.63) is 108 Å². The van der Waals surface area contributed by atoms with Crippen LogP contribution in [0.3, 0.4) is 0 Å². The van der Waals surface area contributed by atoms with E-state index < -0.39 is 0 Å². The van der Waals surface area contributed by atoms with Crippen molar-refractivity contribution in [1.29, 1.82) is 0 Å². The number of thiocarbonyl (C=S) groups is 1. The van der Waals surface area contributed by atoms with E-state index in [1.54, 1.807) is 6.20 Å². The molecule has 0 radical (unpaired) electrons. The molecule has 1 aliphatic heterocycles. The van der Waals surface area contributed by atoms with Gasteiger partial charge in [-0.2, -0.15) is 0 Å². The quantitative estimate of drug-likeness (QED) is 0.376. The van der Waals surface area contributed by atoms with Crippen LogP contribution >= 0.6 is 12.2 Å². The number of nitrogens with one attached hydrogen (secondary N) is 2. The second kappa shape index (κ2) is 10.1. The summed E-state index contributed by atoms with van der Waals surface area (Å²) in [4.78, 5) is 24.0. The smallest absolute Gasteiger partial charge is 0.226 e. The summed E-state index contributed by atoms with van der Waals surface area (Å²) in [5, 5.41) is 7.01. The number of carbonyl (C=O) groups is 1. The van der Waals surface area contributed by atoms with Crippen molar-refractivity contribution in [2.24, 2.45) is 0 Å². The van der Waals surface area contributed by atoms with Crippen LogP contribution < -0.4 is 10.6 Å². The first-order chi connectivity index (χ1) is 17.1. The highest BCUT2D eigenvalue weighted by molar-refractivity contribution is 7.80. The molecule has 3 aromatic heterocycles. The molecule has 2 N–H and O–H groups in total. The van der Waals surface area contributed by atoms with E-state index in [0.29, 0.717) is 18.1 Å². The van der Waals surface area contributed by atoms with E-state index in [9.17, 15) is 4.79 Å². The third-order valence-corrected chi connectivity index (χ3v) is 6.41. The number of hydrogen-bond acceptors (Lipinski definition) is 4. The van der Waals surface area contributed by atoms with E-state index in [1.807, 2.05) is 86.0 Å². The number of carbonyl (C=O) groups excluding carboxylic acids is 1. The third kappa shape index (κ3) is 4.93. The van der Waals surface area contributed by atoms with Crippen molar-refractivity contribution < 1.29 is 4.79 Å². The van der Waals surface area contributed by atoms with Crippen LogP contribution in [0.1, 0.15) is 35.5 Å². The molecule has 35 heavy (non-hydrogen) atoms. The van der Waals surface area contributed by atoms with Crippen LogP contribution in [0.2, 0.25) is 0 Å². The van der Waals surface area contributed by atoms with Crippen LogP contribution in [-0.4, -0.2) is 37.0 Å². The van der Waals surface area contributed by atoms with Crippen LogP contribution in [0.15, 0.2) is 91.4 Å². The predicted molar refractivity (Wildman–Crippen MR) is 140 cm³/mol. The van der Waals surface area contributed by atoms with E-state index in [-0.39, 0.29) is 18.0 Å². The number of pyridine rings is 2. The molecule has 0 saturated carbocycles. The molecule has 1 fully saturated rings. The van der Waals surface area contributed by atoms with Crippen molar-refractivity contribution >= 4 is 28.9 Å². The second-order valence-electron chi connectivity index (χ2n) is 8.48. The first kappa shape index (κ1) is 22.7. The Labute approximate surface area is 209 Å². The molecule has 1 aliphatic rings. The number of nitrogens with zero attached hydrogens (tertiary/aromatic N) is 4. The van der Waals surface area contributed by atoms with E-state index in [0.717, 1.165) is 28.5 Å². The predicted octanol–water partition coefficient (Wildman–Crippen LogP) is 4.58. The van der Waals surface area contributed by atoms with Gasteiger partial charge in [0.1, 0.15) is 5.82 Å². The van der Waals surface area contributed by atoms with Crippen molar-refractivity contribution in [2.75, 3.05) is 11.9 Å². The highest BCUT2D eigenvalue weighted by atomic mass is 32.1. The van der Waals surface area contributed by atoms with E-state index in [1.165, 1.54) is 0 Å². The minimum atomic E-state index is -0.167. The number of anilines is 1. The molecular formula is C27H26N6OS. The molecule has 176 valence electrons. The summed E-state index contributed by atoms with van der Waals surface area (Å²) in [5.74, 6) is 0.768. The summed E-state index contributed by atoms with van der Waals surface area (Å²) < 4.78 is 2.08. The number of aromatic nitrogens is 3. The first-order valence-electron chi connectivity index (χ1n) is 11.5. The van der Waals surface area contributed by atoms with Gasteiger partial charge in [-0.25, -0.2) is 4.98 Å². The summed E-state index contributed by atoms with van der Waals surface area (Å²) in [6, 6.07) is 23.1. The molecule has 7 nitrogen and oxygen atoms in total. The van der Waals surface area contributed by atoms with Gasteiger partial charge in [-0.15, -0.1) is 0 Å². The molecule has 0 bridgehead atoms. The minimum Gasteiger partial charge on any atom is -0.352 e. The van der Waals surface area contributed by atoms with Gasteiger partial charge in [0.2, 0.25) is 5.91 Å². The van der Waals surface area contributed by atoms with Gasteiger partial charge in [0.25, 0.3) is 0 Å². The van der Waals surface area contributed by atoms with Crippen LogP contribution in [0.5, 0.6) is 0 Å². The summed E-state index contributed by atoms with van der Waals surface area (Å²) in [6.07, 6.45) is 5.95. The van der Waals surface area contributed by atoms with Crippen LogP contribution in [0.4, 0.5) is 5.69 Å². The maximum absolute atomic E-state index is 12.7. The lowest BCUT2D eigenvalue weighted by atomic mass is 10.0. The number of amides is 1. The summed E-state index contributed by atoms with van der Waals surface area (Å²) in [7, 11) is 0. The standard InChI is InChI=1S/C27H26N6OS/c1-19-12-13-23(29-18-19)32-16-7-11-22(32)26-25(21-10-5-6-15-28-21)31-27(35)33(26)17-14-24(34)30-20-8-3-2-4-9-20/h2-13,15-16,18,25-26H,14,17H2,1H3,(H,30,34)(H,31,35)/t25-,26+/m1/s1. The second-order valence-corrected chi connectivity index (χ2v) is 8.87. The van der Waals surface area contributed by atoms with Gasteiger partial charge >= 0.3 is 0 Å². The number of para-hydroxylation sites is 1. The molecule has 4 aromatic rings. The lowest BCUT2D eigenvalue weighted by Gasteiger charge is -2.28. The monoisotopic (exact) mass is 482 g/mol. The Morgan fingerprint density at radius 3 is 2.60 bits per heavy atom. The average molecular weight is 483 g/mol. The number of rotatable bonds is 7. The fraction of sp³-hybridized carbons (Fsp3) is 0.185. The van der Waals surface area contributed by atoms with Crippen molar-refractivity contribution in [2.45, 2.75) is 25.4 Å². The summed E-state index contributed by atoms with van der Waals surface area (Å²) >= 11 is 5.76. The molecule has 5 rings (SSSR count). The van der Waals surface area contributed by atoms with Gasteiger partial charge in [-0.1, -0.05) is 30.3 Å². The van der Waals surface area contributed by atoms with Crippen LogP contribution in [0, 0.1) is 6.92 Å². The van der Waals surface area contributed by atoms with Crippen molar-refractivity contribution in [3.63, 3.8) is 0 Å². The zero-order valence-electron chi connectivity index (χ0n) is 19.3. The highest BCUT2D eigenvalue weighted by Crippen LogP contribution is 2.39. The zero-order chi connectivity index (χ0) is 24.2. The molecule has 1 amide bonds. The van der Waals surface area contributed by atoms with E-state index >= 15 is 0 Å². The highest BCUT2D eigenvalue weighted by Gasteiger charge is 2.41. The summed E-state index contributed by atoms with van der Waals surface area (Å²) in [5.41, 5.74) is 3.79. The molecule has 4 heterocycles. The summed E-state index contributed by atoms with van der Waals surface area (Å²) in [6.45, 7) is 2.48. The maximum atomic E-state index is 12.7. The lowest BCUT2D eigenvalue weighted by molar-refractivity contribution is -0.116. The Bertz CT molecular complexity index is 1310. The molecule has 1 aromatic carbocycles. The topological polar surface area (TPSA) is 75.1 Å². The van der Waals surface area contributed by atoms with E-state index in [4.69, 9.17) is 12.2 Å². The van der Waals surface area contributed by atoms with Crippen molar-refractivity contribution in [3.8, 4) is 5.82 Å². The molecule has 0 aliphatic carbocycles. The third-order valence-electron chi connectivity index (χ3n) is 6.06. The minimum absolute atomic E-state index is 0.0605. The fourth-order valence-corrected chi connectivity index (χ4v) is 4.71. The number of hydrogen-bond donors (Lipinski definition) is 2. The van der Waals surface area contributed by atoms with Gasteiger partial charge < -0.3 is 20.1 Å². The van der Waals surface area contributed by atoms with Gasteiger partial charge in [-0.05, 0) is 67.2 Å². The molecule has 8 heteroatoms. The molecule has 0 spiro atoms. The SMILES string of the molecule is Cc1ccc(-n2cccc2[C@H]2[C@@H](c3ccccn3)NC(=S)N2CCC(=O)Nc2ccccc2)nc1. The maximum Gasteiger partial charge on any atom is 0.226 e. The Kier molecular flexibility index (Phi) is 6.54. The first-order valence-corrected chi connectivity index (χ1v) is 11.9. The number of benzene rings is 1. The molecule has 1 saturated heterocycles. The number of aryl methyl sites for hydroxylation is 1. The largest absolute Gasteiger partial charge is 0.352 e. The molecule has 2 atom stereocenters. The fourth-order valence-electron chi connectivity index (χ4n) is 4.38. The van der Waals surface area contributed by atoms with E-state index in [2.05, 4.69) is 36.1 Å². The van der Waals surface area contributed by atoms with Crippen LogP contribution in [0.25, 0.3) is 5.82 Å². The van der Waals surface area contributed by atoms with Crippen molar-refractivity contribution in [1.82, 2.24) is 24.8 Å². The van der Waals surface area contributed by atoms with Gasteiger partial charge in [0.05, 0.1) is 17.8 Å². The van der Waals surface area contributed by atoms with Gasteiger partial charge in [0.15, 0.2) is 5.11 Å². The van der Waals surface area contributed by atoms with Gasteiger partial charge in [0, 0.05) is 42.9 Å². The molecule has 0 unspecified atom stereocenters. The van der Waals surface area contributed by atoms with Crippen LogP contribution in [-0.2, 0) is 4.79 Å². The van der Waals surface area contributed by atoms with Gasteiger partial charge in [-0.3, -0.25) is 9.78 Å². The zero-order valence-corrected chi connectivity index (χ0v) is 20.2. The Hall–Kier alpha value is -4.04. The molecular weight excluding hydrogens is 456 g/mol. The Morgan fingerprint density at radius 2 is 1.86 bits per heavy atom. The average Bonchev–Trinajstić information content (AvgIpc) is 3.48. The normalized spacial score (nSPS) is 17.3. The Morgan fingerprint density at radius 1 is 1.03 bits per heavy atom. The lowest BCUT2D eigenvalue weighted by Crippen LogP contribution is -2.33.